The average molecular weight is 704 g/mol. The van der Waals surface area contributed by atoms with E-state index in [2.05, 4.69) is 179 Å². The van der Waals surface area contributed by atoms with Gasteiger partial charge in [0.2, 0.25) is 0 Å². The Balaban J connectivity index is 1.02. The molecule has 55 heavy (non-hydrogen) atoms. The zero-order valence-electron chi connectivity index (χ0n) is 30.4. The first kappa shape index (κ1) is 31.7. The number of nitrogens with zero attached hydrogens (tertiary/aromatic N) is 3. The van der Waals surface area contributed by atoms with Crippen LogP contribution in [-0.4, -0.2) is 14.5 Å². The molecule has 3 heteroatoms. The lowest BCUT2D eigenvalue weighted by Gasteiger charge is -2.22. The van der Waals surface area contributed by atoms with E-state index in [0.29, 0.717) is 0 Å². The van der Waals surface area contributed by atoms with Crippen molar-refractivity contribution in [3.8, 4) is 33.6 Å². The Bertz CT molecular complexity index is 3030. The summed E-state index contributed by atoms with van der Waals surface area (Å²) in [6.45, 7) is 0. The van der Waals surface area contributed by atoms with E-state index in [1.54, 1.807) is 0 Å². The number of benzene rings is 6. The molecule has 0 fully saturated rings. The summed E-state index contributed by atoms with van der Waals surface area (Å²) < 4.78 is 2.45. The molecule has 0 amide bonds. The summed E-state index contributed by atoms with van der Waals surface area (Å²) in [5, 5.41) is 7.52. The van der Waals surface area contributed by atoms with Crippen molar-refractivity contribution in [1.29, 1.82) is 0 Å². The van der Waals surface area contributed by atoms with Gasteiger partial charge in [0.25, 0.3) is 0 Å². The van der Waals surface area contributed by atoms with Crippen molar-refractivity contribution in [2.45, 2.75) is 25.3 Å². The van der Waals surface area contributed by atoms with Crippen LogP contribution in [0.2, 0.25) is 0 Å². The van der Waals surface area contributed by atoms with Gasteiger partial charge in [-0.05, 0) is 111 Å². The largest absolute Gasteiger partial charge is 0.333 e. The Morgan fingerprint density at radius 1 is 0.527 bits per heavy atom. The number of aromatic nitrogens is 3. The Kier molecular flexibility index (Phi) is 7.44. The van der Waals surface area contributed by atoms with Gasteiger partial charge in [-0.3, -0.25) is 4.98 Å². The number of hydrogen-bond donors (Lipinski definition) is 0. The van der Waals surface area contributed by atoms with E-state index in [0.717, 1.165) is 41.8 Å². The molecule has 0 spiro atoms. The minimum absolute atomic E-state index is 0.277. The average Bonchev–Trinajstić information content (AvgIpc) is 3.59. The summed E-state index contributed by atoms with van der Waals surface area (Å²) in [4.78, 5) is 9.82. The topological polar surface area (TPSA) is 30.7 Å². The highest BCUT2D eigenvalue weighted by atomic mass is 15.0. The van der Waals surface area contributed by atoms with Crippen LogP contribution < -0.4 is 0 Å². The van der Waals surface area contributed by atoms with Gasteiger partial charge in [-0.1, -0.05) is 134 Å². The van der Waals surface area contributed by atoms with Crippen LogP contribution in [-0.2, 0) is 6.42 Å². The van der Waals surface area contributed by atoms with Crippen LogP contribution in [0.25, 0.3) is 88.6 Å². The molecule has 6 aromatic carbocycles. The summed E-state index contributed by atoms with van der Waals surface area (Å²) in [6.07, 6.45) is 18.2. The summed E-state index contributed by atoms with van der Waals surface area (Å²) in [5.41, 5.74) is 14.5. The zero-order valence-corrected chi connectivity index (χ0v) is 30.4. The molecule has 2 aliphatic rings. The molecular weight excluding hydrogens is 667 g/mol. The highest BCUT2D eigenvalue weighted by Gasteiger charge is 2.21. The quantitative estimate of drug-likeness (QED) is 0.167. The molecule has 3 aromatic heterocycles. The molecule has 0 bridgehead atoms. The molecule has 0 N–H and O–H groups in total. The predicted molar refractivity (Wildman–Crippen MR) is 231 cm³/mol. The molecule has 9 aromatic rings. The zero-order chi connectivity index (χ0) is 36.3. The third-order valence-electron chi connectivity index (χ3n) is 11.7. The van der Waals surface area contributed by atoms with Crippen LogP contribution in [0.5, 0.6) is 0 Å². The maximum absolute atomic E-state index is 5.30. The summed E-state index contributed by atoms with van der Waals surface area (Å²) >= 11 is 0. The van der Waals surface area contributed by atoms with E-state index >= 15 is 0 Å². The van der Waals surface area contributed by atoms with E-state index in [4.69, 9.17) is 4.98 Å². The molecular formula is C52H37N3. The second-order valence-electron chi connectivity index (χ2n) is 14.8. The van der Waals surface area contributed by atoms with Crippen molar-refractivity contribution in [1.82, 2.24) is 14.5 Å². The second-order valence-corrected chi connectivity index (χ2v) is 14.8. The van der Waals surface area contributed by atoms with Crippen LogP contribution in [0.15, 0.2) is 176 Å². The van der Waals surface area contributed by atoms with Crippen LogP contribution in [0.3, 0.4) is 0 Å². The van der Waals surface area contributed by atoms with E-state index in [-0.39, 0.29) is 6.04 Å². The summed E-state index contributed by atoms with van der Waals surface area (Å²) in [5.74, 6) is 0. The number of fused-ring (bicyclic) bond motifs is 6. The molecule has 2 aliphatic carbocycles. The van der Waals surface area contributed by atoms with Crippen LogP contribution in [0, 0.1) is 0 Å². The van der Waals surface area contributed by atoms with Gasteiger partial charge in [-0.2, -0.15) is 0 Å². The minimum Gasteiger partial charge on any atom is -0.333 e. The number of pyridine rings is 2. The molecule has 0 saturated heterocycles. The van der Waals surface area contributed by atoms with E-state index in [9.17, 15) is 0 Å². The Morgan fingerprint density at radius 2 is 1.22 bits per heavy atom. The molecule has 1 unspecified atom stereocenters. The second kappa shape index (κ2) is 12.9. The van der Waals surface area contributed by atoms with Gasteiger partial charge in [0.1, 0.15) is 0 Å². The van der Waals surface area contributed by atoms with Gasteiger partial charge in [0.15, 0.2) is 0 Å². The SMILES string of the molecule is C1=CCC(n2c3ccncc3c3cc(-c4cccc(-c5cccc(-c6c7ccccc7c(C7=Cc8ccccc8CC7)c7ccccc67)c5)n4)ccc32)C=C1. The Labute approximate surface area is 320 Å². The third kappa shape index (κ3) is 5.26. The smallest absolute Gasteiger partial charge is 0.0709 e. The van der Waals surface area contributed by atoms with Gasteiger partial charge in [0.05, 0.1) is 22.9 Å². The lowest BCUT2D eigenvalue weighted by Crippen LogP contribution is -2.06. The van der Waals surface area contributed by atoms with Gasteiger partial charge < -0.3 is 4.57 Å². The van der Waals surface area contributed by atoms with E-state index < -0.39 is 0 Å². The first-order valence-electron chi connectivity index (χ1n) is 19.3. The van der Waals surface area contributed by atoms with E-state index in [1.807, 2.05) is 12.4 Å². The first-order valence-corrected chi connectivity index (χ1v) is 19.3. The monoisotopic (exact) mass is 703 g/mol. The lowest BCUT2D eigenvalue weighted by molar-refractivity contribution is 0.648. The molecule has 0 radical (unpaired) electrons. The molecule has 3 nitrogen and oxygen atoms in total. The fraction of sp³-hybridized carbons (Fsp3) is 0.0769. The number of aryl methyl sites for hydroxylation is 1. The van der Waals surface area contributed by atoms with Gasteiger partial charge in [-0.15, -0.1) is 0 Å². The first-order chi connectivity index (χ1) is 27.3. The van der Waals surface area contributed by atoms with Gasteiger partial charge in [0, 0.05) is 39.8 Å². The Hall–Kier alpha value is -6.84. The minimum atomic E-state index is 0.277. The molecule has 0 saturated carbocycles. The highest BCUT2D eigenvalue weighted by molar-refractivity contribution is 6.20. The van der Waals surface area contributed by atoms with E-state index in [1.165, 1.54) is 76.7 Å². The maximum Gasteiger partial charge on any atom is 0.0709 e. The van der Waals surface area contributed by atoms with Gasteiger partial charge >= 0.3 is 0 Å². The number of allylic oxidation sites excluding steroid dienone is 5. The van der Waals surface area contributed by atoms with Crippen molar-refractivity contribution < 1.29 is 0 Å². The number of hydrogen-bond acceptors (Lipinski definition) is 2. The fourth-order valence-corrected chi connectivity index (χ4v) is 9.18. The van der Waals surface area contributed by atoms with Crippen molar-refractivity contribution in [3.05, 3.63) is 193 Å². The highest BCUT2D eigenvalue weighted by Crippen LogP contribution is 2.45. The predicted octanol–water partition coefficient (Wildman–Crippen LogP) is 13.4. The molecule has 3 heterocycles. The maximum atomic E-state index is 5.30. The normalized spacial score (nSPS) is 15.2. The van der Waals surface area contributed by atoms with Gasteiger partial charge in [-0.25, -0.2) is 4.98 Å². The Morgan fingerprint density at radius 3 is 2.00 bits per heavy atom. The van der Waals surface area contributed by atoms with Crippen molar-refractivity contribution >= 4 is 55.0 Å². The van der Waals surface area contributed by atoms with Crippen LogP contribution in [0.1, 0.15) is 35.6 Å². The molecule has 11 rings (SSSR count). The summed E-state index contributed by atoms with van der Waals surface area (Å²) in [7, 11) is 0. The van der Waals surface area contributed by atoms with Crippen molar-refractivity contribution in [2.24, 2.45) is 0 Å². The molecule has 0 aliphatic heterocycles. The van der Waals surface area contributed by atoms with Crippen molar-refractivity contribution in [3.63, 3.8) is 0 Å². The fourth-order valence-electron chi connectivity index (χ4n) is 9.18. The molecule has 260 valence electrons. The third-order valence-corrected chi connectivity index (χ3v) is 11.7. The molecule has 1 atom stereocenters. The standard InChI is InChI=1S/C52H37N3/c1-2-16-40(17-3-1)55-49-27-26-37(32-45(49)46-33-53-29-28-50(46)55)48-23-11-22-47(54-48)36-14-10-15-38(31-36)51-41-18-6-8-20-43(41)52(44-21-9-7-19-42(44)51)39-25-24-34-12-4-5-13-35(34)30-39/h1-16,18-23,26-33,40H,17,24-25H2. The van der Waals surface area contributed by atoms with Crippen LogP contribution >= 0.6 is 0 Å². The number of rotatable bonds is 5. The van der Waals surface area contributed by atoms with Crippen molar-refractivity contribution in [2.75, 3.05) is 0 Å². The summed E-state index contributed by atoms with van der Waals surface area (Å²) in [6, 6.07) is 51.3. The lowest BCUT2D eigenvalue weighted by atomic mass is 9.81. The van der Waals surface area contributed by atoms with Crippen LogP contribution in [0.4, 0.5) is 0 Å².